The zero-order valence-corrected chi connectivity index (χ0v) is 17.3. The molecule has 3 aromatic rings. The van der Waals surface area contributed by atoms with Gasteiger partial charge in [-0.15, -0.1) is 0 Å². The smallest absolute Gasteiger partial charge is 0.293 e. The van der Waals surface area contributed by atoms with Crippen molar-refractivity contribution < 1.29 is 9.72 Å². The molecular weight excluding hydrogens is 388 g/mol. The topological polar surface area (TPSA) is 90.1 Å². The maximum absolute atomic E-state index is 12.4. The number of nitrogens with one attached hydrogen (secondary N) is 1. The standard InChI is InChI=1S/C21H22N4O3S/c1-14(2)16-7-9-17(10-8-16)24-12-11-22-21(24)29-13-19(26)23-20-15(3)5-4-6-18(20)25(27)28/h4-12,14H,13H2,1-3H3,(H,23,26). The molecule has 0 bridgehead atoms. The van der Waals surface area contributed by atoms with E-state index in [2.05, 4.69) is 36.3 Å². The molecule has 3 rings (SSSR count). The Bertz CT molecular complexity index is 1030. The summed E-state index contributed by atoms with van der Waals surface area (Å²) in [5, 5.41) is 14.5. The lowest BCUT2D eigenvalue weighted by Crippen LogP contribution is -2.16. The molecule has 0 aliphatic rings. The van der Waals surface area contributed by atoms with Gasteiger partial charge in [0.2, 0.25) is 5.91 Å². The van der Waals surface area contributed by atoms with Gasteiger partial charge >= 0.3 is 0 Å². The molecule has 0 radical (unpaired) electrons. The third-order valence-electron chi connectivity index (χ3n) is 4.49. The lowest BCUT2D eigenvalue weighted by atomic mass is 10.0. The van der Waals surface area contributed by atoms with Crippen LogP contribution in [0.3, 0.4) is 0 Å². The van der Waals surface area contributed by atoms with Crippen LogP contribution in [0.25, 0.3) is 5.69 Å². The minimum atomic E-state index is -0.497. The zero-order valence-electron chi connectivity index (χ0n) is 16.5. The van der Waals surface area contributed by atoms with Crippen LogP contribution in [0.4, 0.5) is 11.4 Å². The molecule has 0 saturated carbocycles. The van der Waals surface area contributed by atoms with E-state index >= 15 is 0 Å². The van der Waals surface area contributed by atoms with Crippen LogP contribution in [0.5, 0.6) is 0 Å². The van der Waals surface area contributed by atoms with Crippen molar-refractivity contribution in [2.75, 3.05) is 11.1 Å². The summed E-state index contributed by atoms with van der Waals surface area (Å²) in [5.41, 5.74) is 2.97. The van der Waals surface area contributed by atoms with Crippen molar-refractivity contribution in [3.05, 3.63) is 76.1 Å². The van der Waals surface area contributed by atoms with Crippen LogP contribution in [0, 0.1) is 17.0 Å². The third kappa shape index (κ3) is 4.83. The van der Waals surface area contributed by atoms with Crippen LogP contribution < -0.4 is 5.32 Å². The summed E-state index contributed by atoms with van der Waals surface area (Å²) in [7, 11) is 0. The second-order valence-corrected chi connectivity index (χ2v) is 7.83. The van der Waals surface area contributed by atoms with Gasteiger partial charge in [0, 0.05) is 24.1 Å². The second kappa shape index (κ2) is 8.91. The third-order valence-corrected chi connectivity index (χ3v) is 5.46. The number of nitro benzene ring substituents is 1. The van der Waals surface area contributed by atoms with Crippen molar-refractivity contribution in [2.24, 2.45) is 0 Å². The van der Waals surface area contributed by atoms with Gasteiger partial charge in [0.1, 0.15) is 5.69 Å². The first-order valence-corrected chi connectivity index (χ1v) is 10.2. The van der Waals surface area contributed by atoms with Crippen molar-refractivity contribution >= 4 is 29.0 Å². The van der Waals surface area contributed by atoms with E-state index in [4.69, 9.17) is 0 Å². The molecule has 8 heteroatoms. The van der Waals surface area contributed by atoms with Gasteiger partial charge in [-0.2, -0.15) is 0 Å². The fraction of sp³-hybridized carbons (Fsp3) is 0.238. The number of aryl methyl sites for hydroxylation is 1. The number of amides is 1. The van der Waals surface area contributed by atoms with Gasteiger partial charge in [0.15, 0.2) is 5.16 Å². The molecule has 7 nitrogen and oxygen atoms in total. The summed E-state index contributed by atoms with van der Waals surface area (Å²) in [6.07, 6.45) is 3.53. The summed E-state index contributed by atoms with van der Waals surface area (Å²) >= 11 is 1.28. The number of nitro groups is 1. The molecule has 1 aromatic heterocycles. The van der Waals surface area contributed by atoms with Crippen molar-refractivity contribution in [2.45, 2.75) is 31.8 Å². The number of para-hydroxylation sites is 1. The highest BCUT2D eigenvalue weighted by atomic mass is 32.2. The quantitative estimate of drug-likeness (QED) is 0.338. The van der Waals surface area contributed by atoms with Crippen LogP contribution in [-0.4, -0.2) is 26.1 Å². The van der Waals surface area contributed by atoms with Crippen LogP contribution in [0.15, 0.2) is 60.0 Å². The van der Waals surface area contributed by atoms with E-state index in [0.29, 0.717) is 16.6 Å². The number of benzene rings is 2. The van der Waals surface area contributed by atoms with Gasteiger partial charge in [-0.3, -0.25) is 19.5 Å². The first kappa shape index (κ1) is 20.6. The van der Waals surface area contributed by atoms with Crippen molar-refractivity contribution in [3.8, 4) is 5.69 Å². The Balaban J connectivity index is 1.70. The second-order valence-electron chi connectivity index (χ2n) is 6.89. The Morgan fingerprint density at radius 1 is 1.24 bits per heavy atom. The molecule has 0 aliphatic carbocycles. The molecule has 1 heterocycles. The zero-order chi connectivity index (χ0) is 21.0. The number of anilines is 1. The van der Waals surface area contributed by atoms with Gasteiger partial charge in [-0.25, -0.2) is 4.98 Å². The summed E-state index contributed by atoms with van der Waals surface area (Å²) in [4.78, 5) is 27.4. The van der Waals surface area contributed by atoms with Gasteiger partial charge in [0.05, 0.1) is 10.7 Å². The summed E-state index contributed by atoms with van der Waals surface area (Å²) in [6.45, 7) is 6.01. The molecule has 1 N–H and O–H groups in total. The predicted octanol–water partition coefficient (Wildman–Crippen LogP) is 4.94. The molecular formula is C21H22N4O3S. The Morgan fingerprint density at radius 2 is 1.97 bits per heavy atom. The Kier molecular flexibility index (Phi) is 6.33. The van der Waals surface area contributed by atoms with Gasteiger partial charge in [0.25, 0.3) is 5.69 Å². The lowest BCUT2D eigenvalue weighted by molar-refractivity contribution is -0.384. The first-order chi connectivity index (χ1) is 13.9. The minimum absolute atomic E-state index is 0.0899. The van der Waals surface area contributed by atoms with Gasteiger partial charge in [-0.05, 0) is 36.1 Å². The van der Waals surface area contributed by atoms with Crippen molar-refractivity contribution in [3.63, 3.8) is 0 Å². The molecule has 29 heavy (non-hydrogen) atoms. The van der Waals surface area contributed by atoms with Crippen LogP contribution in [0.2, 0.25) is 0 Å². The van der Waals surface area contributed by atoms with E-state index in [1.54, 1.807) is 25.3 Å². The number of carbonyl (C=O) groups is 1. The highest BCUT2D eigenvalue weighted by Gasteiger charge is 2.18. The monoisotopic (exact) mass is 410 g/mol. The number of aromatic nitrogens is 2. The van der Waals surface area contributed by atoms with Gasteiger partial charge < -0.3 is 5.32 Å². The fourth-order valence-electron chi connectivity index (χ4n) is 2.89. The molecule has 0 unspecified atom stereocenters. The molecule has 0 aliphatic heterocycles. The predicted molar refractivity (Wildman–Crippen MR) is 115 cm³/mol. The maximum atomic E-state index is 12.4. The van der Waals surface area contributed by atoms with Crippen molar-refractivity contribution in [1.29, 1.82) is 0 Å². The molecule has 0 fully saturated rings. The number of imidazole rings is 1. The Hall–Kier alpha value is -3.13. The largest absolute Gasteiger partial charge is 0.319 e. The number of rotatable bonds is 7. The highest BCUT2D eigenvalue weighted by Crippen LogP contribution is 2.28. The molecule has 2 aromatic carbocycles. The highest BCUT2D eigenvalue weighted by molar-refractivity contribution is 7.99. The van der Waals surface area contributed by atoms with Gasteiger partial charge in [-0.1, -0.05) is 49.9 Å². The number of carbonyl (C=O) groups excluding carboxylic acids is 1. The number of hydrogen-bond acceptors (Lipinski definition) is 5. The first-order valence-electron chi connectivity index (χ1n) is 9.17. The molecule has 1 amide bonds. The SMILES string of the molecule is Cc1cccc([N+](=O)[O-])c1NC(=O)CSc1nccn1-c1ccc(C(C)C)cc1. The lowest BCUT2D eigenvalue weighted by Gasteiger charge is -2.11. The Labute approximate surface area is 173 Å². The summed E-state index contributed by atoms with van der Waals surface area (Å²) < 4.78 is 1.91. The minimum Gasteiger partial charge on any atom is -0.319 e. The number of thioether (sulfide) groups is 1. The Morgan fingerprint density at radius 3 is 2.62 bits per heavy atom. The van der Waals surface area contributed by atoms with Crippen LogP contribution >= 0.6 is 11.8 Å². The fourth-order valence-corrected chi connectivity index (χ4v) is 3.66. The van der Waals surface area contributed by atoms with E-state index in [1.165, 1.54) is 23.4 Å². The average molecular weight is 410 g/mol. The molecule has 0 atom stereocenters. The van der Waals surface area contributed by atoms with E-state index in [0.717, 1.165) is 5.69 Å². The molecule has 0 saturated heterocycles. The molecule has 150 valence electrons. The summed E-state index contributed by atoms with van der Waals surface area (Å²) in [5.74, 6) is 0.221. The van der Waals surface area contributed by atoms with Crippen molar-refractivity contribution in [1.82, 2.24) is 9.55 Å². The van der Waals surface area contributed by atoms with E-state index in [1.807, 2.05) is 22.9 Å². The van der Waals surface area contributed by atoms with Crippen LogP contribution in [-0.2, 0) is 4.79 Å². The maximum Gasteiger partial charge on any atom is 0.293 e. The van der Waals surface area contributed by atoms with E-state index in [-0.39, 0.29) is 23.0 Å². The summed E-state index contributed by atoms with van der Waals surface area (Å²) in [6, 6.07) is 12.9. The van der Waals surface area contributed by atoms with Crippen LogP contribution in [0.1, 0.15) is 30.9 Å². The van der Waals surface area contributed by atoms with E-state index < -0.39 is 4.92 Å². The normalized spacial score (nSPS) is 10.9. The van der Waals surface area contributed by atoms with E-state index in [9.17, 15) is 14.9 Å². The number of nitrogens with zero attached hydrogens (tertiary/aromatic N) is 3. The molecule has 0 spiro atoms. The number of hydrogen-bond donors (Lipinski definition) is 1. The average Bonchev–Trinajstić information content (AvgIpc) is 3.16.